The standard InChI is InChI=1S/C27H27P/c1-4-7-22-10-16-25(17-11-22)28(26-18-12-23(8-5-2)13-19-26)27-20-14-24(9-6-3)15-21-27/h4-6,10-21H,1-3,7-9H2. The van der Waals surface area contributed by atoms with Crippen LogP contribution in [0.4, 0.5) is 0 Å². The smallest absolute Gasteiger partial charge is 0.0100 e. The maximum atomic E-state index is 3.85. The quantitative estimate of drug-likeness (QED) is 0.332. The number of benzene rings is 3. The van der Waals surface area contributed by atoms with E-state index < -0.39 is 7.92 Å². The van der Waals surface area contributed by atoms with E-state index in [9.17, 15) is 0 Å². The number of allylic oxidation sites excluding steroid dienone is 3. The fourth-order valence-corrected chi connectivity index (χ4v) is 5.53. The van der Waals surface area contributed by atoms with Gasteiger partial charge < -0.3 is 0 Å². The second-order valence-electron chi connectivity index (χ2n) is 6.81. The van der Waals surface area contributed by atoms with E-state index >= 15 is 0 Å². The van der Waals surface area contributed by atoms with Crippen molar-refractivity contribution in [3.05, 3.63) is 127 Å². The highest BCUT2D eigenvalue weighted by atomic mass is 31.1. The maximum Gasteiger partial charge on any atom is -0.0100 e. The molecule has 0 amide bonds. The Kier molecular flexibility index (Phi) is 7.18. The first kappa shape index (κ1) is 20.1. The van der Waals surface area contributed by atoms with Gasteiger partial charge in [-0.1, -0.05) is 91.0 Å². The van der Waals surface area contributed by atoms with Crippen LogP contribution in [0.3, 0.4) is 0 Å². The zero-order valence-electron chi connectivity index (χ0n) is 16.4. The second-order valence-corrected chi connectivity index (χ2v) is 9.03. The molecule has 0 atom stereocenters. The van der Waals surface area contributed by atoms with Crippen molar-refractivity contribution < 1.29 is 0 Å². The lowest BCUT2D eigenvalue weighted by atomic mass is 10.1. The van der Waals surface area contributed by atoms with E-state index in [1.54, 1.807) is 0 Å². The van der Waals surface area contributed by atoms with Gasteiger partial charge in [-0.05, 0) is 59.8 Å². The first-order chi connectivity index (χ1) is 13.7. The Morgan fingerprint density at radius 3 is 0.929 bits per heavy atom. The normalized spacial score (nSPS) is 10.6. The van der Waals surface area contributed by atoms with Crippen LogP contribution < -0.4 is 15.9 Å². The molecule has 0 aromatic heterocycles. The van der Waals surface area contributed by atoms with Crippen LogP contribution in [0.1, 0.15) is 16.7 Å². The van der Waals surface area contributed by atoms with Crippen molar-refractivity contribution >= 4 is 23.8 Å². The summed E-state index contributed by atoms with van der Waals surface area (Å²) in [6.45, 7) is 11.5. The van der Waals surface area contributed by atoms with Crippen molar-refractivity contribution in [2.45, 2.75) is 19.3 Å². The molecule has 0 aliphatic carbocycles. The van der Waals surface area contributed by atoms with Gasteiger partial charge in [0.15, 0.2) is 0 Å². The molecule has 0 N–H and O–H groups in total. The molecule has 0 bridgehead atoms. The predicted octanol–water partition coefficient (Wildman–Crippen LogP) is 5.63. The molecule has 0 saturated heterocycles. The summed E-state index contributed by atoms with van der Waals surface area (Å²) >= 11 is 0. The molecule has 0 radical (unpaired) electrons. The third-order valence-corrected chi connectivity index (χ3v) is 7.17. The molecule has 0 spiro atoms. The van der Waals surface area contributed by atoms with Gasteiger partial charge in [-0.3, -0.25) is 0 Å². The zero-order valence-corrected chi connectivity index (χ0v) is 17.2. The van der Waals surface area contributed by atoms with Crippen LogP contribution in [0, 0.1) is 0 Å². The minimum atomic E-state index is -0.588. The van der Waals surface area contributed by atoms with E-state index in [0.717, 1.165) is 19.3 Å². The van der Waals surface area contributed by atoms with Crippen LogP contribution in [-0.2, 0) is 19.3 Å². The molecule has 0 nitrogen and oxygen atoms in total. The van der Waals surface area contributed by atoms with Gasteiger partial charge in [0.1, 0.15) is 0 Å². The largest absolute Gasteiger partial charge is 0.103 e. The predicted molar refractivity (Wildman–Crippen MR) is 127 cm³/mol. The van der Waals surface area contributed by atoms with Crippen LogP contribution in [0.15, 0.2) is 111 Å². The molecule has 0 fully saturated rings. The molecule has 3 aromatic carbocycles. The molecule has 140 valence electrons. The molecular weight excluding hydrogens is 355 g/mol. The van der Waals surface area contributed by atoms with Gasteiger partial charge >= 0.3 is 0 Å². The SMILES string of the molecule is C=CCc1ccc(P(c2ccc(CC=C)cc2)c2ccc(CC=C)cc2)cc1. The molecule has 0 aliphatic heterocycles. The van der Waals surface area contributed by atoms with Gasteiger partial charge in [0.25, 0.3) is 0 Å². The van der Waals surface area contributed by atoms with Gasteiger partial charge in [-0.2, -0.15) is 0 Å². The Morgan fingerprint density at radius 2 is 0.714 bits per heavy atom. The Bertz CT molecular complexity index is 788. The summed E-state index contributed by atoms with van der Waals surface area (Å²) in [5.41, 5.74) is 3.91. The summed E-state index contributed by atoms with van der Waals surface area (Å²) in [5, 5.41) is 4.11. The molecular formula is C27H27P. The van der Waals surface area contributed by atoms with Crippen molar-refractivity contribution in [3.63, 3.8) is 0 Å². The molecule has 0 unspecified atom stereocenters. The third-order valence-electron chi connectivity index (χ3n) is 4.72. The Balaban J connectivity index is 2.00. The average Bonchev–Trinajstić information content (AvgIpc) is 2.73. The lowest BCUT2D eigenvalue weighted by Gasteiger charge is -2.20. The molecule has 28 heavy (non-hydrogen) atoms. The van der Waals surface area contributed by atoms with Gasteiger partial charge in [0.2, 0.25) is 0 Å². The monoisotopic (exact) mass is 382 g/mol. The summed E-state index contributed by atoms with van der Waals surface area (Å²) in [6.07, 6.45) is 8.58. The molecule has 0 aliphatic rings. The molecule has 0 saturated carbocycles. The highest BCUT2D eigenvalue weighted by molar-refractivity contribution is 7.79. The first-order valence-corrected chi connectivity index (χ1v) is 11.0. The number of hydrogen-bond acceptors (Lipinski definition) is 0. The van der Waals surface area contributed by atoms with Gasteiger partial charge in [-0.25, -0.2) is 0 Å². The van der Waals surface area contributed by atoms with Crippen LogP contribution in [-0.4, -0.2) is 0 Å². The van der Waals surface area contributed by atoms with Crippen LogP contribution in [0.25, 0.3) is 0 Å². The lowest BCUT2D eigenvalue weighted by Crippen LogP contribution is -2.21. The number of hydrogen-bond donors (Lipinski definition) is 0. The zero-order chi connectivity index (χ0) is 19.8. The maximum absolute atomic E-state index is 3.85. The van der Waals surface area contributed by atoms with Crippen molar-refractivity contribution in [1.82, 2.24) is 0 Å². The molecule has 3 aromatic rings. The fourth-order valence-electron chi connectivity index (χ4n) is 3.29. The summed E-state index contributed by atoms with van der Waals surface area (Å²) < 4.78 is 0. The fraction of sp³-hybridized carbons (Fsp3) is 0.111. The lowest BCUT2D eigenvalue weighted by molar-refractivity contribution is 1.28. The first-order valence-electron chi connectivity index (χ1n) is 9.65. The summed E-state index contributed by atoms with van der Waals surface area (Å²) in [4.78, 5) is 0. The highest BCUT2D eigenvalue weighted by Crippen LogP contribution is 2.33. The van der Waals surface area contributed by atoms with Crippen molar-refractivity contribution in [2.75, 3.05) is 0 Å². The summed E-state index contributed by atoms with van der Waals surface area (Å²) in [7, 11) is -0.588. The minimum absolute atomic E-state index is 0.588. The van der Waals surface area contributed by atoms with E-state index in [1.807, 2.05) is 18.2 Å². The van der Waals surface area contributed by atoms with Crippen molar-refractivity contribution in [1.29, 1.82) is 0 Å². The van der Waals surface area contributed by atoms with Crippen LogP contribution >= 0.6 is 7.92 Å². The van der Waals surface area contributed by atoms with E-state index in [4.69, 9.17) is 0 Å². The van der Waals surface area contributed by atoms with Gasteiger partial charge in [0.05, 0.1) is 0 Å². The summed E-state index contributed by atoms with van der Waals surface area (Å²) in [6, 6.07) is 27.0. The Morgan fingerprint density at radius 1 is 0.464 bits per heavy atom. The number of rotatable bonds is 9. The Hall–Kier alpha value is -2.69. The third kappa shape index (κ3) is 4.97. The van der Waals surface area contributed by atoms with E-state index in [0.29, 0.717) is 0 Å². The van der Waals surface area contributed by atoms with Crippen molar-refractivity contribution in [3.8, 4) is 0 Å². The average molecular weight is 382 g/mol. The second kappa shape index (κ2) is 10.0. The van der Waals surface area contributed by atoms with E-state index in [1.165, 1.54) is 32.6 Å². The van der Waals surface area contributed by atoms with Crippen molar-refractivity contribution in [2.24, 2.45) is 0 Å². The van der Waals surface area contributed by atoms with Gasteiger partial charge in [-0.15, -0.1) is 19.7 Å². The topological polar surface area (TPSA) is 0 Å². The van der Waals surface area contributed by atoms with E-state index in [2.05, 4.69) is 92.5 Å². The summed E-state index contributed by atoms with van der Waals surface area (Å²) in [5.74, 6) is 0. The molecule has 0 heterocycles. The van der Waals surface area contributed by atoms with Gasteiger partial charge in [0, 0.05) is 0 Å². The molecule has 1 heteroatoms. The van der Waals surface area contributed by atoms with E-state index in [-0.39, 0.29) is 0 Å². The minimum Gasteiger partial charge on any atom is -0.103 e. The Labute approximate surface area is 170 Å². The highest BCUT2D eigenvalue weighted by Gasteiger charge is 2.16. The molecule has 3 rings (SSSR count). The van der Waals surface area contributed by atoms with Crippen LogP contribution in [0.2, 0.25) is 0 Å². The van der Waals surface area contributed by atoms with Crippen LogP contribution in [0.5, 0.6) is 0 Å².